The zero-order valence-electron chi connectivity index (χ0n) is 12.3. The summed E-state index contributed by atoms with van der Waals surface area (Å²) in [5, 5.41) is 3.55. The molecule has 0 N–H and O–H groups in total. The van der Waals surface area contributed by atoms with Crippen LogP contribution in [-0.2, 0) is 22.2 Å². The summed E-state index contributed by atoms with van der Waals surface area (Å²) in [5.74, 6) is 0.170. The van der Waals surface area contributed by atoms with Crippen LogP contribution in [0.3, 0.4) is 0 Å². The number of hydrogen-bond donors (Lipinski definition) is 0. The minimum Gasteiger partial charge on any atom is -0.360 e. The highest BCUT2D eigenvalue weighted by Gasteiger charge is 2.23. The predicted molar refractivity (Wildman–Crippen MR) is 82.6 cm³/mol. The van der Waals surface area contributed by atoms with E-state index in [0.717, 1.165) is 12.8 Å². The first-order chi connectivity index (χ1) is 10.1. The van der Waals surface area contributed by atoms with Gasteiger partial charge in [-0.2, -0.15) is 0 Å². The van der Waals surface area contributed by atoms with E-state index in [2.05, 4.69) is 12.1 Å². The van der Waals surface area contributed by atoms with Crippen molar-refractivity contribution in [1.29, 1.82) is 0 Å². The van der Waals surface area contributed by atoms with Crippen LogP contribution in [0.25, 0.3) is 0 Å². The molecule has 0 aliphatic rings. The van der Waals surface area contributed by atoms with E-state index >= 15 is 0 Å². The standard InChI is InChI=1S/C15H20N2O3S/c1-3-11-17(14-7-5-13(4-2)6-8-14)21(18,19)12-15-9-10-16-20-15/h5-10H,3-4,11-12H2,1-2H3. The molecule has 2 aromatic rings. The Morgan fingerprint density at radius 1 is 1.14 bits per heavy atom. The molecule has 2 rings (SSSR count). The molecule has 0 radical (unpaired) electrons. The van der Waals surface area contributed by atoms with Crippen molar-refractivity contribution in [3.63, 3.8) is 0 Å². The van der Waals surface area contributed by atoms with Gasteiger partial charge in [-0.15, -0.1) is 0 Å². The van der Waals surface area contributed by atoms with Crippen molar-refractivity contribution in [1.82, 2.24) is 5.16 Å². The highest BCUT2D eigenvalue weighted by Crippen LogP contribution is 2.22. The normalized spacial score (nSPS) is 11.5. The van der Waals surface area contributed by atoms with Crippen LogP contribution < -0.4 is 4.31 Å². The smallest absolute Gasteiger partial charge is 0.242 e. The van der Waals surface area contributed by atoms with Crippen molar-refractivity contribution in [2.75, 3.05) is 10.8 Å². The maximum absolute atomic E-state index is 12.6. The van der Waals surface area contributed by atoms with Gasteiger partial charge in [0, 0.05) is 12.6 Å². The van der Waals surface area contributed by atoms with Crippen molar-refractivity contribution >= 4 is 15.7 Å². The first kappa shape index (κ1) is 15.6. The quantitative estimate of drug-likeness (QED) is 0.789. The summed E-state index contributed by atoms with van der Waals surface area (Å²) < 4.78 is 31.5. The van der Waals surface area contributed by atoms with Crippen molar-refractivity contribution in [3.05, 3.63) is 47.9 Å². The summed E-state index contributed by atoms with van der Waals surface area (Å²) >= 11 is 0. The molecule has 0 fully saturated rings. The van der Waals surface area contributed by atoms with Gasteiger partial charge in [-0.05, 0) is 30.5 Å². The number of aromatic nitrogens is 1. The van der Waals surface area contributed by atoms with Gasteiger partial charge in [-0.3, -0.25) is 4.31 Å². The Kier molecular flexibility index (Phi) is 5.01. The lowest BCUT2D eigenvalue weighted by molar-refractivity contribution is 0.392. The van der Waals surface area contributed by atoms with Crippen molar-refractivity contribution < 1.29 is 12.9 Å². The molecule has 21 heavy (non-hydrogen) atoms. The van der Waals surface area contributed by atoms with Crippen molar-refractivity contribution in [2.45, 2.75) is 32.4 Å². The van der Waals surface area contributed by atoms with Crippen LogP contribution in [0.5, 0.6) is 0 Å². The Morgan fingerprint density at radius 2 is 1.86 bits per heavy atom. The van der Waals surface area contributed by atoms with Crippen LogP contribution in [0.4, 0.5) is 5.69 Å². The van der Waals surface area contributed by atoms with E-state index < -0.39 is 10.0 Å². The van der Waals surface area contributed by atoms with Gasteiger partial charge in [-0.1, -0.05) is 31.1 Å². The van der Waals surface area contributed by atoms with Crippen LogP contribution >= 0.6 is 0 Å². The number of hydrogen-bond acceptors (Lipinski definition) is 4. The molecule has 1 aromatic carbocycles. The molecule has 0 bridgehead atoms. The number of rotatable bonds is 7. The average Bonchev–Trinajstić information content (AvgIpc) is 2.97. The molecule has 0 aliphatic carbocycles. The SMILES string of the molecule is CCCN(c1ccc(CC)cc1)S(=O)(=O)Cc1ccno1. The Morgan fingerprint density at radius 3 is 2.38 bits per heavy atom. The monoisotopic (exact) mass is 308 g/mol. The number of sulfonamides is 1. The first-order valence-electron chi connectivity index (χ1n) is 7.05. The van der Waals surface area contributed by atoms with Gasteiger partial charge in [-0.25, -0.2) is 8.42 Å². The van der Waals surface area contributed by atoms with Crippen LogP contribution in [0.1, 0.15) is 31.6 Å². The number of nitrogens with zero attached hydrogens (tertiary/aromatic N) is 2. The third kappa shape index (κ3) is 3.85. The fraction of sp³-hybridized carbons (Fsp3) is 0.400. The second-order valence-electron chi connectivity index (χ2n) is 4.83. The number of benzene rings is 1. The highest BCUT2D eigenvalue weighted by molar-refractivity contribution is 7.92. The summed E-state index contributed by atoms with van der Waals surface area (Å²) in [4.78, 5) is 0. The molecular weight excluding hydrogens is 288 g/mol. The molecule has 0 atom stereocenters. The molecule has 0 aliphatic heterocycles. The van der Waals surface area contributed by atoms with Crippen LogP contribution in [-0.4, -0.2) is 20.1 Å². The van der Waals surface area contributed by atoms with E-state index in [9.17, 15) is 8.42 Å². The third-order valence-corrected chi connectivity index (χ3v) is 4.93. The molecule has 0 spiro atoms. The van der Waals surface area contributed by atoms with E-state index in [4.69, 9.17) is 4.52 Å². The van der Waals surface area contributed by atoms with Gasteiger partial charge in [0.15, 0.2) is 5.76 Å². The Hall–Kier alpha value is -1.82. The molecule has 1 aromatic heterocycles. The van der Waals surface area contributed by atoms with Gasteiger partial charge in [0.1, 0.15) is 5.75 Å². The van der Waals surface area contributed by atoms with E-state index in [1.54, 1.807) is 6.07 Å². The zero-order chi connectivity index (χ0) is 15.3. The van der Waals surface area contributed by atoms with E-state index in [1.165, 1.54) is 16.1 Å². The largest absolute Gasteiger partial charge is 0.360 e. The van der Waals surface area contributed by atoms with Gasteiger partial charge in [0.25, 0.3) is 0 Å². The third-order valence-electron chi connectivity index (χ3n) is 3.21. The topological polar surface area (TPSA) is 63.4 Å². The van der Waals surface area contributed by atoms with E-state index in [1.807, 2.05) is 31.2 Å². The second kappa shape index (κ2) is 6.76. The van der Waals surface area contributed by atoms with Gasteiger partial charge >= 0.3 is 0 Å². The fourth-order valence-electron chi connectivity index (χ4n) is 2.10. The summed E-state index contributed by atoms with van der Waals surface area (Å²) in [5.41, 5.74) is 1.87. The Bertz CT molecular complexity index is 649. The Labute approximate surface area is 125 Å². The van der Waals surface area contributed by atoms with Crippen molar-refractivity contribution in [3.8, 4) is 0 Å². The Balaban J connectivity index is 2.28. The predicted octanol–water partition coefficient (Wildman–Crippen LogP) is 2.98. The highest BCUT2D eigenvalue weighted by atomic mass is 32.2. The maximum Gasteiger partial charge on any atom is 0.242 e. The maximum atomic E-state index is 12.6. The van der Waals surface area contributed by atoms with E-state index in [-0.39, 0.29) is 5.75 Å². The molecule has 6 heteroatoms. The minimum atomic E-state index is -3.48. The van der Waals surface area contributed by atoms with Crippen LogP contribution in [0.2, 0.25) is 0 Å². The van der Waals surface area contributed by atoms with Crippen molar-refractivity contribution in [2.24, 2.45) is 0 Å². The van der Waals surface area contributed by atoms with Gasteiger partial charge in [0.05, 0.1) is 11.9 Å². The molecule has 0 saturated carbocycles. The minimum absolute atomic E-state index is 0.178. The molecule has 0 amide bonds. The lowest BCUT2D eigenvalue weighted by Gasteiger charge is -2.23. The average molecular weight is 308 g/mol. The molecule has 0 unspecified atom stereocenters. The number of aryl methyl sites for hydroxylation is 1. The summed E-state index contributed by atoms with van der Waals surface area (Å²) in [6.07, 6.45) is 3.12. The molecule has 114 valence electrons. The van der Waals surface area contributed by atoms with Crippen LogP contribution in [0.15, 0.2) is 41.1 Å². The summed E-state index contributed by atoms with van der Waals surface area (Å²) in [6, 6.07) is 9.20. The first-order valence-corrected chi connectivity index (χ1v) is 8.66. The summed E-state index contributed by atoms with van der Waals surface area (Å²) in [6.45, 7) is 4.47. The van der Waals surface area contributed by atoms with Gasteiger partial charge < -0.3 is 4.52 Å². The second-order valence-corrected chi connectivity index (χ2v) is 6.72. The van der Waals surface area contributed by atoms with E-state index in [0.29, 0.717) is 18.0 Å². The summed E-state index contributed by atoms with van der Waals surface area (Å²) in [7, 11) is -3.48. The number of anilines is 1. The zero-order valence-corrected chi connectivity index (χ0v) is 13.1. The lowest BCUT2D eigenvalue weighted by atomic mass is 10.1. The lowest BCUT2D eigenvalue weighted by Crippen LogP contribution is -2.32. The molecule has 0 saturated heterocycles. The molecule has 5 nitrogen and oxygen atoms in total. The molecule has 1 heterocycles. The molecular formula is C15H20N2O3S. The van der Waals surface area contributed by atoms with Gasteiger partial charge in [0.2, 0.25) is 10.0 Å². The fourth-order valence-corrected chi connectivity index (χ4v) is 3.67. The van der Waals surface area contributed by atoms with Crippen LogP contribution in [0, 0.1) is 0 Å².